The van der Waals surface area contributed by atoms with Gasteiger partial charge in [-0.2, -0.15) is 5.10 Å². The van der Waals surface area contributed by atoms with Crippen molar-refractivity contribution in [1.82, 2.24) is 14.8 Å². The summed E-state index contributed by atoms with van der Waals surface area (Å²) in [4.78, 5) is 14.4. The third-order valence-electron chi connectivity index (χ3n) is 3.34. The smallest absolute Gasteiger partial charge is 0.269 e. The summed E-state index contributed by atoms with van der Waals surface area (Å²) in [7, 11) is 0. The van der Waals surface area contributed by atoms with Crippen molar-refractivity contribution in [3.05, 3.63) is 69.0 Å². The zero-order valence-electron chi connectivity index (χ0n) is 12.8. The second kappa shape index (κ2) is 7.50. The zero-order valence-corrected chi connectivity index (χ0v) is 14.3. The summed E-state index contributed by atoms with van der Waals surface area (Å²) in [6.45, 7) is 0.823. The van der Waals surface area contributed by atoms with E-state index >= 15 is 0 Å². The maximum atomic E-state index is 10.7. The fourth-order valence-electron chi connectivity index (χ4n) is 2.11. The average Bonchev–Trinajstić information content (AvgIpc) is 3.06. The molecular formula is C16H12Cl2N4O3. The van der Waals surface area contributed by atoms with Gasteiger partial charge in [0.25, 0.3) is 5.69 Å². The Morgan fingerprint density at radius 1 is 1.16 bits per heavy atom. The van der Waals surface area contributed by atoms with E-state index in [2.05, 4.69) is 10.1 Å². The largest absolute Gasteiger partial charge is 0.490 e. The minimum atomic E-state index is -0.449. The second-order valence-electron chi connectivity index (χ2n) is 5.06. The molecule has 0 aliphatic heterocycles. The van der Waals surface area contributed by atoms with E-state index in [1.807, 2.05) is 0 Å². The molecule has 0 saturated heterocycles. The Bertz CT molecular complexity index is 897. The van der Waals surface area contributed by atoms with Gasteiger partial charge in [0.15, 0.2) is 5.82 Å². The van der Waals surface area contributed by atoms with Gasteiger partial charge in [0.2, 0.25) is 0 Å². The number of nitrogens with zero attached hydrogens (tertiary/aromatic N) is 4. The van der Waals surface area contributed by atoms with Gasteiger partial charge in [0.05, 0.1) is 16.5 Å². The summed E-state index contributed by atoms with van der Waals surface area (Å²) in [6.07, 6.45) is 1.57. The molecule has 1 heterocycles. The van der Waals surface area contributed by atoms with Crippen molar-refractivity contribution in [2.45, 2.75) is 6.54 Å². The molecule has 0 amide bonds. The summed E-state index contributed by atoms with van der Waals surface area (Å²) in [6, 6.07) is 11.1. The highest BCUT2D eigenvalue weighted by atomic mass is 35.5. The van der Waals surface area contributed by atoms with Gasteiger partial charge in [-0.05, 0) is 30.3 Å². The molecule has 3 aromatic rings. The van der Waals surface area contributed by atoms with Crippen LogP contribution in [0, 0.1) is 10.1 Å². The quantitative estimate of drug-likeness (QED) is 0.473. The van der Waals surface area contributed by atoms with Crippen molar-refractivity contribution in [3.63, 3.8) is 0 Å². The number of nitro benzene ring substituents is 1. The molecule has 0 bridgehead atoms. The molecule has 1 aromatic heterocycles. The number of halogens is 2. The molecule has 2 aromatic carbocycles. The maximum absolute atomic E-state index is 10.7. The Morgan fingerprint density at radius 2 is 1.92 bits per heavy atom. The molecule has 0 atom stereocenters. The summed E-state index contributed by atoms with van der Waals surface area (Å²) in [5.41, 5.74) is 0.724. The molecule has 0 unspecified atom stereocenters. The molecule has 0 fully saturated rings. The molecule has 0 aliphatic rings. The van der Waals surface area contributed by atoms with E-state index in [0.717, 1.165) is 0 Å². The Labute approximate surface area is 152 Å². The van der Waals surface area contributed by atoms with E-state index in [9.17, 15) is 10.1 Å². The van der Waals surface area contributed by atoms with Gasteiger partial charge in [0.1, 0.15) is 18.7 Å². The molecule has 0 saturated carbocycles. The van der Waals surface area contributed by atoms with Crippen LogP contribution in [0.4, 0.5) is 5.69 Å². The van der Waals surface area contributed by atoms with Crippen LogP contribution in [0.25, 0.3) is 11.4 Å². The van der Waals surface area contributed by atoms with Gasteiger partial charge in [0, 0.05) is 22.7 Å². The van der Waals surface area contributed by atoms with Crippen LogP contribution in [0.1, 0.15) is 0 Å². The van der Waals surface area contributed by atoms with E-state index in [4.69, 9.17) is 27.9 Å². The standard InChI is InChI=1S/C16H12Cl2N4O3/c17-12-3-6-15(14(18)9-12)25-8-7-21-10-19-16(20-21)11-1-4-13(5-2-11)22(23)24/h1-6,9-10H,7-8H2. The second-order valence-corrected chi connectivity index (χ2v) is 5.90. The Kier molecular flexibility index (Phi) is 5.16. The number of rotatable bonds is 6. The van der Waals surface area contributed by atoms with E-state index < -0.39 is 4.92 Å². The molecule has 0 spiro atoms. The highest BCUT2D eigenvalue weighted by molar-refractivity contribution is 6.35. The number of nitro groups is 1. The zero-order chi connectivity index (χ0) is 17.8. The SMILES string of the molecule is O=[N+]([O-])c1ccc(-c2ncn(CCOc3ccc(Cl)cc3Cl)n2)cc1. The number of hydrogen-bond acceptors (Lipinski definition) is 5. The fourth-order valence-corrected chi connectivity index (χ4v) is 2.57. The van der Waals surface area contributed by atoms with Crippen molar-refractivity contribution in [1.29, 1.82) is 0 Å². The summed E-state index contributed by atoms with van der Waals surface area (Å²) in [5, 5.41) is 16.0. The molecule has 0 radical (unpaired) electrons. The lowest BCUT2D eigenvalue weighted by Crippen LogP contribution is -2.08. The first kappa shape index (κ1) is 17.2. The monoisotopic (exact) mass is 378 g/mol. The number of aromatic nitrogens is 3. The van der Waals surface area contributed by atoms with E-state index in [0.29, 0.717) is 40.3 Å². The van der Waals surface area contributed by atoms with E-state index in [1.54, 1.807) is 41.3 Å². The van der Waals surface area contributed by atoms with Crippen molar-refractivity contribution < 1.29 is 9.66 Å². The van der Waals surface area contributed by atoms with E-state index in [1.165, 1.54) is 12.1 Å². The van der Waals surface area contributed by atoms with Crippen molar-refractivity contribution in [3.8, 4) is 17.1 Å². The molecule has 7 nitrogen and oxygen atoms in total. The van der Waals surface area contributed by atoms with E-state index in [-0.39, 0.29) is 5.69 Å². The number of non-ortho nitro benzene ring substituents is 1. The molecule has 9 heteroatoms. The third-order valence-corrected chi connectivity index (χ3v) is 3.88. The molecule has 3 rings (SSSR count). The Balaban J connectivity index is 1.60. The molecule has 0 N–H and O–H groups in total. The minimum Gasteiger partial charge on any atom is -0.490 e. The summed E-state index contributed by atoms with van der Waals surface area (Å²) in [5.74, 6) is 1.03. The molecule has 0 aliphatic carbocycles. The lowest BCUT2D eigenvalue weighted by Gasteiger charge is -2.07. The Hall–Kier alpha value is -2.64. The molecule has 128 valence electrons. The van der Waals surface area contributed by atoms with Gasteiger partial charge in [-0.15, -0.1) is 0 Å². The van der Waals surface area contributed by atoms with Crippen LogP contribution in [0.15, 0.2) is 48.8 Å². The lowest BCUT2D eigenvalue weighted by molar-refractivity contribution is -0.384. The maximum Gasteiger partial charge on any atom is 0.269 e. The topological polar surface area (TPSA) is 83.1 Å². The van der Waals surface area contributed by atoms with Crippen LogP contribution in [0.3, 0.4) is 0 Å². The van der Waals surface area contributed by atoms with Gasteiger partial charge in [-0.1, -0.05) is 23.2 Å². The predicted molar refractivity (Wildman–Crippen MR) is 94.1 cm³/mol. The van der Waals surface area contributed by atoms with Gasteiger partial charge < -0.3 is 4.74 Å². The van der Waals surface area contributed by atoms with Crippen LogP contribution in [-0.2, 0) is 6.54 Å². The highest BCUT2D eigenvalue weighted by Gasteiger charge is 2.09. The van der Waals surface area contributed by atoms with Crippen molar-refractivity contribution in [2.75, 3.05) is 6.61 Å². The van der Waals surface area contributed by atoms with Gasteiger partial charge in [-0.25, -0.2) is 9.67 Å². The highest BCUT2D eigenvalue weighted by Crippen LogP contribution is 2.27. The molecular weight excluding hydrogens is 367 g/mol. The first-order valence-corrected chi connectivity index (χ1v) is 8.00. The predicted octanol–water partition coefficient (Wildman–Crippen LogP) is 4.24. The number of ether oxygens (including phenoxy) is 1. The van der Waals surface area contributed by atoms with Gasteiger partial charge in [-0.3, -0.25) is 10.1 Å². The average molecular weight is 379 g/mol. The first-order chi connectivity index (χ1) is 12.0. The summed E-state index contributed by atoms with van der Waals surface area (Å²) < 4.78 is 7.22. The molecule has 25 heavy (non-hydrogen) atoms. The summed E-state index contributed by atoms with van der Waals surface area (Å²) >= 11 is 11.9. The first-order valence-electron chi connectivity index (χ1n) is 7.25. The Morgan fingerprint density at radius 3 is 2.60 bits per heavy atom. The minimum absolute atomic E-state index is 0.0245. The number of benzene rings is 2. The fraction of sp³-hybridized carbons (Fsp3) is 0.125. The van der Waals surface area contributed by atoms with Crippen molar-refractivity contribution >= 4 is 28.9 Å². The van der Waals surface area contributed by atoms with Crippen molar-refractivity contribution in [2.24, 2.45) is 0 Å². The van der Waals surface area contributed by atoms with Crippen LogP contribution >= 0.6 is 23.2 Å². The third kappa shape index (κ3) is 4.26. The normalized spacial score (nSPS) is 10.6. The van der Waals surface area contributed by atoms with Gasteiger partial charge >= 0.3 is 0 Å². The van der Waals surface area contributed by atoms with Crippen LogP contribution < -0.4 is 4.74 Å². The van der Waals surface area contributed by atoms with Crippen LogP contribution in [-0.4, -0.2) is 26.3 Å². The number of hydrogen-bond donors (Lipinski definition) is 0. The van der Waals surface area contributed by atoms with Crippen LogP contribution in [0.5, 0.6) is 5.75 Å². The lowest BCUT2D eigenvalue weighted by atomic mass is 10.2. The van der Waals surface area contributed by atoms with Crippen LogP contribution in [0.2, 0.25) is 10.0 Å².